The van der Waals surface area contributed by atoms with E-state index in [0.29, 0.717) is 38.5 Å². The number of morpholine rings is 1. The number of amides is 3. The summed E-state index contributed by atoms with van der Waals surface area (Å²) in [5.74, 6) is 0.662. The van der Waals surface area contributed by atoms with Crippen LogP contribution in [-0.2, 0) is 9.53 Å². The van der Waals surface area contributed by atoms with Crippen molar-refractivity contribution in [2.24, 2.45) is 5.92 Å². The molecule has 1 saturated heterocycles. The van der Waals surface area contributed by atoms with Gasteiger partial charge >= 0.3 is 6.03 Å². The fraction of sp³-hybridized carbons (Fsp3) is 0.882. The van der Waals surface area contributed by atoms with E-state index in [1.165, 1.54) is 32.1 Å². The van der Waals surface area contributed by atoms with Gasteiger partial charge in [0.15, 0.2) is 0 Å². The summed E-state index contributed by atoms with van der Waals surface area (Å²) >= 11 is 0. The third-order valence-corrected chi connectivity index (χ3v) is 4.63. The largest absolute Gasteiger partial charge is 0.372 e. The summed E-state index contributed by atoms with van der Waals surface area (Å²) in [6, 6.07) is -0.0754. The minimum atomic E-state index is -0.0754. The molecule has 2 aliphatic rings. The van der Waals surface area contributed by atoms with Crippen molar-refractivity contribution >= 4 is 11.9 Å². The van der Waals surface area contributed by atoms with E-state index in [-0.39, 0.29) is 24.1 Å². The summed E-state index contributed by atoms with van der Waals surface area (Å²) in [7, 11) is 0. The van der Waals surface area contributed by atoms with Crippen LogP contribution in [0.15, 0.2) is 0 Å². The van der Waals surface area contributed by atoms with Crippen molar-refractivity contribution in [3.8, 4) is 0 Å². The summed E-state index contributed by atoms with van der Waals surface area (Å²) in [6.45, 7) is 6.14. The van der Waals surface area contributed by atoms with Gasteiger partial charge in [-0.15, -0.1) is 0 Å². The molecule has 0 bridgehead atoms. The van der Waals surface area contributed by atoms with E-state index in [1.807, 2.05) is 13.8 Å². The van der Waals surface area contributed by atoms with Gasteiger partial charge in [0, 0.05) is 32.6 Å². The SMILES string of the molecule is C[C@@H]1CN(C(=O)NCCNC(=O)CC2CCCCC2)C[C@H](C)O1. The van der Waals surface area contributed by atoms with Gasteiger partial charge in [-0.2, -0.15) is 0 Å². The Balaban J connectivity index is 1.57. The molecule has 23 heavy (non-hydrogen) atoms. The molecule has 1 heterocycles. The van der Waals surface area contributed by atoms with E-state index in [0.717, 1.165) is 0 Å². The molecule has 0 unspecified atom stereocenters. The molecular formula is C17H31N3O3. The Labute approximate surface area is 139 Å². The van der Waals surface area contributed by atoms with Crippen LogP contribution in [0.4, 0.5) is 4.79 Å². The van der Waals surface area contributed by atoms with E-state index in [9.17, 15) is 9.59 Å². The summed E-state index contributed by atoms with van der Waals surface area (Å²) in [6.07, 6.45) is 6.94. The number of urea groups is 1. The molecule has 132 valence electrons. The first-order valence-corrected chi connectivity index (χ1v) is 8.99. The monoisotopic (exact) mass is 325 g/mol. The van der Waals surface area contributed by atoms with E-state index >= 15 is 0 Å². The minimum Gasteiger partial charge on any atom is -0.372 e. The number of hydrogen-bond acceptors (Lipinski definition) is 3. The van der Waals surface area contributed by atoms with Gasteiger partial charge < -0.3 is 20.3 Å². The third-order valence-electron chi connectivity index (χ3n) is 4.63. The van der Waals surface area contributed by atoms with Crippen molar-refractivity contribution < 1.29 is 14.3 Å². The number of carbonyl (C=O) groups is 2. The molecule has 0 aromatic rings. The Morgan fingerprint density at radius 1 is 1.00 bits per heavy atom. The van der Waals surface area contributed by atoms with Crippen molar-refractivity contribution in [3.05, 3.63) is 0 Å². The Bertz CT molecular complexity index is 387. The van der Waals surface area contributed by atoms with E-state index in [1.54, 1.807) is 4.90 Å². The van der Waals surface area contributed by atoms with Crippen LogP contribution in [0.5, 0.6) is 0 Å². The molecule has 2 N–H and O–H groups in total. The molecule has 2 fully saturated rings. The zero-order valence-corrected chi connectivity index (χ0v) is 14.5. The molecule has 0 aromatic carbocycles. The molecule has 2 rings (SSSR count). The van der Waals surface area contributed by atoms with E-state index < -0.39 is 0 Å². The number of rotatable bonds is 5. The van der Waals surface area contributed by atoms with Crippen LogP contribution in [0.25, 0.3) is 0 Å². The first kappa shape index (κ1) is 18.0. The summed E-state index contributed by atoms with van der Waals surface area (Å²) in [5, 5.41) is 5.78. The topological polar surface area (TPSA) is 70.7 Å². The van der Waals surface area contributed by atoms with E-state index in [2.05, 4.69) is 10.6 Å². The van der Waals surface area contributed by atoms with Crippen molar-refractivity contribution in [3.63, 3.8) is 0 Å². The molecule has 6 heteroatoms. The standard InChI is InChI=1S/C17H31N3O3/c1-13-11-20(12-14(2)23-13)17(22)19-9-8-18-16(21)10-15-6-4-3-5-7-15/h13-15H,3-12H2,1-2H3,(H,18,21)(H,19,22)/t13-,14+. The highest BCUT2D eigenvalue weighted by Gasteiger charge is 2.25. The first-order valence-electron chi connectivity index (χ1n) is 8.99. The summed E-state index contributed by atoms with van der Waals surface area (Å²) in [4.78, 5) is 25.8. The van der Waals surface area contributed by atoms with Crippen LogP contribution in [0.1, 0.15) is 52.4 Å². The molecule has 6 nitrogen and oxygen atoms in total. The van der Waals surface area contributed by atoms with Gasteiger partial charge in [-0.05, 0) is 32.6 Å². The van der Waals surface area contributed by atoms with Crippen LogP contribution >= 0.6 is 0 Å². The van der Waals surface area contributed by atoms with Crippen LogP contribution in [0, 0.1) is 5.92 Å². The smallest absolute Gasteiger partial charge is 0.317 e. The molecule has 0 aromatic heterocycles. The normalized spacial score (nSPS) is 25.9. The Morgan fingerprint density at radius 3 is 2.26 bits per heavy atom. The van der Waals surface area contributed by atoms with Crippen molar-refractivity contribution in [2.45, 2.75) is 64.6 Å². The van der Waals surface area contributed by atoms with Gasteiger partial charge in [0.1, 0.15) is 0 Å². The molecule has 0 spiro atoms. The molecule has 1 aliphatic carbocycles. The van der Waals surface area contributed by atoms with Crippen molar-refractivity contribution in [1.29, 1.82) is 0 Å². The lowest BCUT2D eigenvalue weighted by Crippen LogP contribution is -2.52. The zero-order chi connectivity index (χ0) is 16.7. The fourth-order valence-corrected chi connectivity index (χ4v) is 3.55. The highest BCUT2D eigenvalue weighted by Crippen LogP contribution is 2.25. The molecule has 1 aliphatic heterocycles. The molecule has 3 amide bonds. The molecule has 0 radical (unpaired) electrons. The quantitative estimate of drug-likeness (QED) is 0.758. The van der Waals surface area contributed by atoms with Gasteiger partial charge in [0.2, 0.25) is 5.91 Å². The molecule has 1 saturated carbocycles. The average molecular weight is 325 g/mol. The average Bonchev–Trinajstić information content (AvgIpc) is 2.51. The molecule has 2 atom stereocenters. The number of carbonyl (C=O) groups excluding carboxylic acids is 2. The van der Waals surface area contributed by atoms with E-state index in [4.69, 9.17) is 4.74 Å². The van der Waals surface area contributed by atoms with Crippen LogP contribution in [0.3, 0.4) is 0 Å². The Morgan fingerprint density at radius 2 is 1.61 bits per heavy atom. The number of nitrogens with zero attached hydrogens (tertiary/aromatic N) is 1. The number of hydrogen-bond donors (Lipinski definition) is 2. The second kappa shape index (κ2) is 9.11. The maximum atomic E-state index is 12.1. The van der Waals surface area contributed by atoms with Crippen LogP contribution in [-0.4, -0.2) is 55.2 Å². The molecular weight excluding hydrogens is 294 g/mol. The predicted molar refractivity (Wildman–Crippen MR) is 89.2 cm³/mol. The van der Waals surface area contributed by atoms with Crippen LogP contribution in [0.2, 0.25) is 0 Å². The van der Waals surface area contributed by atoms with Gasteiger partial charge in [0.25, 0.3) is 0 Å². The zero-order valence-electron chi connectivity index (χ0n) is 14.5. The maximum absolute atomic E-state index is 12.1. The maximum Gasteiger partial charge on any atom is 0.317 e. The lowest BCUT2D eigenvalue weighted by atomic mass is 9.87. The van der Waals surface area contributed by atoms with Gasteiger partial charge in [-0.1, -0.05) is 19.3 Å². The lowest BCUT2D eigenvalue weighted by molar-refractivity contribution is -0.122. The minimum absolute atomic E-state index is 0.0692. The van der Waals surface area contributed by atoms with Gasteiger partial charge in [0.05, 0.1) is 12.2 Å². The van der Waals surface area contributed by atoms with Crippen molar-refractivity contribution in [1.82, 2.24) is 15.5 Å². The lowest BCUT2D eigenvalue weighted by Gasteiger charge is -2.35. The Hall–Kier alpha value is -1.30. The summed E-state index contributed by atoms with van der Waals surface area (Å²) < 4.78 is 5.62. The predicted octanol–water partition coefficient (Wildman–Crippen LogP) is 1.89. The second-order valence-corrected chi connectivity index (χ2v) is 6.95. The van der Waals surface area contributed by atoms with Gasteiger partial charge in [-0.3, -0.25) is 4.79 Å². The summed E-state index contributed by atoms with van der Waals surface area (Å²) in [5.41, 5.74) is 0. The van der Waals surface area contributed by atoms with Gasteiger partial charge in [-0.25, -0.2) is 4.79 Å². The highest BCUT2D eigenvalue weighted by molar-refractivity contribution is 5.76. The third kappa shape index (κ3) is 6.37. The first-order chi connectivity index (χ1) is 11.0. The van der Waals surface area contributed by atoms with Crippen LogP contribution < -0.4 is 10.6 Å². The fourth-order valence-electron chi connectivity index (χ4n) is 3.55. The second-order valence-electron chi connectivity index (χ2n) is 6.95. The number of ether oxygens (including phenoxy) is 1. The van der Waals surface area contributed by atoms with Crippen molar-refractivity contribution in [2.75, 3.05) is 26.2 Å². The number of nitrogens with one attached hydrogen (secondary N) is 2. The highest BCUT2D eigenvalue weighted by atomic mass is 16.5. The Kier molecular flexibility index (Phi) is 7.15.